The van der Waals surface area contributed by atoms with Gasteiger partial charge in [-0.2, -0.15) is 16.1 Å². The van der Waals surface area contributed by atoms with Crippen LogP contribution >= 0.6 is 11.8 Å². The maximum absolute atomic E-state index is 14.1. The van der Waals surface area contributed by atoms with Crippen LogP contribution in [0.2, 0.25) is 0 Å². The molecule has 0 radical (unpaired) electrons. The first-order valence-corrected chi connectivity index (χ1v) is 10.7. The van der Waals surface area contributed by atoms with Gasteiger partial charge in [0.15, 0.2) is 0 Å². The number of halogens is 3. The molecule has 0 aliphatic carbocycles. The van der Waals surface area contributed by atoms with E-state index >= 15 is 0 Å². The molecule has 0 saturated carbocycles. The van der Waals surface area contributed by atoms with Crippen LogP contribution in [0, 0.1) is 17.5 Å². The molecule has 1 heterocycles. The Morgan fingerprint density at radius 3 is 2.52 bits per heavy atom. The lowest BCUT2D eigenvalue weighted by molar-refractivity contribution is 0.390. The second-order valence-corrected chi connectivity index (χ2v) is 9.23. The van der Waals surface area contributed by atoms with Crippen LogP contribution in [-0.2, 0) is 10.0 Å². The first-order chi connectivity index (χ1) is 12.8. The molecule has 0 bridgehead atoms. The van der Waals surface area contributed by atoms with Gasteiger partial charge >= 0.3 is 0 Å². The molecule has 3 rings (SSSR count). The Kier molecular flexibility index (Phi) is 6.02. The van der Waals surface area contributed by atoms with E-state index < -0.39 is 27.5 Å². The molecule has 1 aliphatic heterocycles. The van der Waals surface area contributed by atoms with Gasteiger partial charge in [-0.25, -0.2) is 21.6 Å². The van der Waals surface area contributed by atoms with Crippen molar-refractivity contribution < 1.29 is 26.3 Å². The zero-order valence-corrected chi connectivity index (χ0v) is 16.1. The fourth-order valence-corrected chi connectivity index (χ4v) is 5.97. The van der Waals surface area contributed by atoms with Crippen molar-refractivity contribution in [2.24, 2.45) is 0 Å². The zero-order chi connectivity index (χ0) is 19.6. The summed E-state index contributed by atoms with van der Waals surface area (Å²) in [4.78, 5) is -0.245. The van der Waals surface area contributed by atoms with Crippen molar-refractivity contribution >= 4 is 21.8 Å². The Labute approximate surface area is 160 Å². The second kappa shape index (κ2) is 8.12. The minimum absolute atomic E-state index is 0.0565. The maximum atomic E-state index is 14.1. The summed E-state index contributed by atoms with van der Waals surface area (Å²) in [6, 6.07) is 6.58. The summed E-state index contributed by atoms with van der Waals surface area (Å²) in [6.45, 7) is 0.287. The largest absolute Gasteiger partial charge is 0.495 e. The molecular formula is C18H18F3NO3S2. The third-order valence-corrected chi connectivity index (χ3v) is 7.58. The zero-order valence-electron chi connectivity index (χ0n) is 14.5. The molecule has 0 N–H and O–H groups in total. The highest BCUT2D eigenvalue weighted by atomic mass is 32.2. The molecule has 1 aliphatic rings. The first kappa shape index (κ1) is 20.0. The molecule has 0 aromatic heterocycles. The van der Waals surface area contributed by atoms with E-state index in [0.29, 0.717) is 12.2 Å². The van der Waals surface area contributed by atoms with Crippen molar-refractivity contribution in [3.8, 4) is 5.75 Å². The van der Waals surface area contributed by atoms with Crippen molar-refractivity contribution in [2.45, 2.75) is 16.6 Å². The Balaban J connectivity index is 1.85. The summed E-state index contributed by atoms with van der Waals surface area (Å²) in [6.07, 6.45) is 0.307. The van der Waals surface area contributed by atoms with Crippen molar-refractivity contribution in [1.82, 2.24) is 4.31 Å². The van der Waals surface area contributed by atoms with Crippen LogP contribution in [0.3, 0.4) is 0 Å². The quantitative estimate of drug-likeness (QED) is 0.755. The summed E-state index contributed by atoms with van der Waals surface area (Å²) in [7, 11) is -2.67. The van der Waals surface area contributed by atoms with E-state index in [1.165, 1.54) is 29.2 Å². The molecule has 0 amide bonds. The number of hydrogen-bond donors (Lipinski definition) is 0. The van der Waals surface area contributed by atoms with Gasteiger partial charge in [-0.05, 0) is 42.8 Å². The number of ether oxygens (including phenoxy) is 1. The van der Waals surface area contributed by atoms with Crippen molar-refractivity contribution in [3.63, 3.8) is 0 Å². The Hall–Kier alpha value is -1.71. The number of sulfonamides is 1. The molecule has 1 saturated heterocycles. The van der Waals surface area contributed by atoms with Gasteiger partial charge in [-0.15, -0.1) is 0 Å². The summed E-state index contributed by atoms with van der Waals surface area (Å²) >= 11 is 1.37. The lowest BCUT2D eigenvalue weighted by atomic mass is 10.1. The summed E-state index contributed by atoms with van der Waals surface area (Å²) in [5.41, 5.74) is 0.225. The molecule has 1 atom stereocenters. The Morgan fingerprint density at radius 1 is 1.07 bits per heavy atom. The summed E-state index contributed by atoms with van der Waals surface area (Å²) < 4.78 is 73.4. The fourth-order valence-electron chi connectivity index (χ4n) is 2.99. The van der Waals surface area contributed by atoms with Crippen LogP contribution in [0.1, 0.15) is 17.2 Å². The van der Waals surface area contributed by atoms with Crippen LogP contribution < -0.4 is 4.74 Å². The molecule has 4 nitrogen and oxygen atoms in total. The van der Waals surface area contributed by atoms with Crippen LogP contribution in [0.25, 0.3) is 0 Å². The van der Waals surface area contributed by atoms with Crippen LogP contribution in [0.15, 0.2) is 41.3 Å². The third-order valence-electron chi connectivity index (χ3n) is 4.35. The molecular weight excluding hydrogens is 399 g/mol. The lowest BCUT2D eigenvalue weighted by Gasteiger charge is -2.21. The van der Waals surface area contributed by atoms with E-state index in [2.05, 4.69) is 0 Å². The fraction of sp³-hybridized carbons (Fsp3) is 0.333. The molecule has 1 fully saturated rings. The Morgan fingerprint density at radius 2 is 1.78 bits per heavy atom. The molecule has 9 heteroatoms. The number of methoxy groups -OCH3 is 1. The van der Waals surface area contributed by atoms with Gasteiger partial charge < -0.3 is 4.74 Å². The molecule has 2 aromatic rings. The Bertz CT molecular complexity index is 937. The minimum atomic E-state index is -3.99. The van der Waals surface area contributed by atoms with Gasteiger partial charge in [-0.1, -0.05) is 0 Å². The second-order valence-electron chi connectivity index (χ2n) is 6.01. The smallest absolute Gasteiger partial charge is 0.246 e. The third kappa shape index (κ3) is 4.25. The highest BCUT2D eigenvalue weighted by molar-refractivity contribution is 7.99. The first-order valence-electron chi connectivity index (χ1n) is 8.23. The van der Waals surface area contributed by atoms with E-state index in [-0.39, 0.29) is 34.5 Å². The minimum Gasteiger partial charge on any atom is -0.495 e. The average molecular weight is 417 g/mol. The van der Waals surface area contributed by atoms with Gasteiger partial charge in [0.25, 0.3) is 0 Å². The van der Waals surface area contributed by atoms with Gasteiger partial charge in [0.05, 0.1) is 7.11 Å². The predicted molar refractivity (Wildman–Crippen MR) is 97.9 cm³/mol. The molecule has 27 heavy (non-hydrogen) atoms. The normalized spacial score (nSPS) is 18.9. The van der Waals surface area contributed by atoms with Gasteiger partial charge in [0.1, 0.15) is 28.1 Å². The van der Waals surface area contributed by atoms with Crippen LogP contribution in [0.4, 0.5) is 13.2 Å². The van der Waals surface area contributed by atoms with Crippen LogP contribution in [-0.4, -0.2) is 38.7 Å². The van der Waals surface area contributed by atoms with E-state index in [4.69, 9.17) is 4.74 Å². The number of benzene rings is 2. The van der Waals surface area contributed by atoms with Crippen molar-refractivity contribution in [1.29, 1.82) is 0 Å². The standard InChI is InChI=1S/C18H18F3NO3S2/c1-25-16-5-3-13(20)11-18(16)27(23,24)22-7-6-17(26-9-8-22)14-10-12(19)2-4-15(14)21/h2-5,10-11,17H,6-9H2,1H3. The van der Waals surface area contributed by atoms with E-state index in [1.54, 1.807) is 0 Å². The average Bonchev–Trinajstić information content (AvgIpc) is 2.90. The van der Waals surface area contributed by atoms with Gasteiger partial charge in [-0.3, -0.25) is 0 Å². The predicted octanol–water partition coefficient (Wildman–Crippen LogP) is 3.98. The number of nitrogens with zero attached hydrogens (tertiary/aromatic N) is 1. The van der Waals surface area contributed by atoms with Crippen LogP contribution in [0.5, 0.6) is 5.75 Å². The lowest BCUT2D eigenvalue weighted by Crippen LogP contribution is -2.33. The van der Waals surface area contributed by atoms with Crippen molar-refractivity contribution in [2.75, 3.05) is 26.0 Å². The van der Waals surface area contributed by atoms with Gasteiger partial charge in [0.2, 0.25) is 10.0 Å². The molecule has 2 aromatic carbocycles. The SMILES string of the molecule is COc1ccc(F)cc1S(=O)(=O)N1CCSC(c2cc(F)ccc2F)CC1. The summed E-state index contributed by atoms with van der Waals surface area (Å²) in [5.74, 6) is -1.28. The molecule has 146 valence electrons. The van der Waals surface area contributed by atoms with E-state index in [1.807, 2.05) is 0 Å². The van der Waals surface area contributed by atoms with E-state index in [9.17, 15) is 21.6 Å². The number of rotatable bonds is 4. The highest BCUT2D eigenvalue weighted by Gasteiger charge is 2.31. The number of thioether (sulfide) groups is 1. The summed E-state index contributed by atoms with van der Waals surface area (Å²) in [5, 5.41) is -0.365. The number of hydrogen-bond acceptors (Lipinski definition) is 4. The molecule has 0 spiro atoms. The van der Waals surface area contributed by atoms with E-state index in [0.717, 1.165) is 30.3 Å². The van der Waals surface area contributed by atoms with Gasteiger partial charge in [0, 0.05) is 29.7 Å². The maximum Gasteiger partial charge on any atom is 0.246 e. The topological polar surface area (TPSA) is 46.6 Å². The van der Waals surface area contributed by atoms with Crippen molar-refractivity contribution in [3.05, 3.63) is 59.4 Å². The highest BCUT2D eigenvalue weighted by Crippen LogP contribution is 2.38. The molecule has 1 unspecified atom stereocenters. The monoisotopic (exact) mass is 417 g/mol.